The first kappa shape index (κ1) is 7.60. The molecule has 1 N–H and O–H groups in total. The predicted octanol–water partition coefficient (Wildman–Crippen LogP) is 0.867. The van der Waals surface area contributed by atoms with Crippen molar-refractivity contribution >= 4 is 11.6 Å². The van der Waals surface area contributed by atoms with Gasteiger partial charge in [0, 0.05) is 12.5 Å². The molecule has 0 amide bonds. The van der Waals surface area contributed by atoms with Gasteiger partial charge in [-0.05, 0) is 30.1 Å². The molecule has 0 spiro atoms. The van der Waals surface area contributed by atoms with E-state index in [4.69, 9.17) is 16.3 Å². The maximum absolute atomic E-state index is 9.21. The summed E-state index contributed by atoms with van der Waals surface area (Å²) >= 11 is 5.89. The highest BCUT2D eigenvalue weighted by molar-refractivity contribution is 6.18. The minimum absolute atomic E-state index is 0.297. The third kappa shape index (κ3) is 0.740. The summed E-state index contributed by atoms with van der Waals surface area (Å²) in [6.45, 7) is 0.297. The molecule has 2 nitrogen and oxygen atoms in total. The quantitative estimate of drug-likeness (QED) is 0.515. The van der Waals surface area contributed by atoms with Gasteiger partial charge < -0.3 is 9.84 Å². The van der Waals surface area contributed by atoms with Crippen molar-refractivity contribution in [3.05, 3.63) is 0 Å². The molecule has 0 aromatic heterocycles. The highest BCUT2D eigenvalue weighted by Gasteiger charge is 2.66. The fraction of sp³-hybridized carbons (Fsp3) is 1.00. The number of aliphatic hydroxyl groups is 1. The van der Waals surface area contributed by atoms with Crippen molar-refractivity contribution in [3.8, 4) is 0 Å². The van der Waals surface area contributed by atoms with Gasteiger partial charge in [-0.1, -0.05) is 0 Å². The van der Waals surface area contributed by atoms with Crippen LogP contribution in [0.1, 0.15) is 6.42 Å². The predicted molar refractivity (Wildman–Crippen MR) is 45.0 cm³/mol. The average molecular weight is 189 g/mol. The Balaban J connectivity index is 1.86. The van der Waals surface area contributed by atoms with E-state index in [-0.39, 0.29) is 0 Å². The minimum Gasteiger partial charge on any atom is -0.396 e. The van der Waals surface area contributed by atoms with E-state index >= 15 is 0 Å². The molecule has 3 aliphatic rings. The van der Waals surface area contributed by atoms with Gasteiger partial charge in [-0.25, -0.2) is 0 Å². The summed E-state index contributed by atoms with van der Waals surface area (Å²) in [5, 5.41) is 9.21. The zero-order chi connectivity index (χ0) is 8.29. The Morgan fingerprint density at radius 1 is 1.25 bits per heavy atom. The topological polar surface area (TPSA) is 32.8 Å². The molecule has 0 aromatic carbocycles. The number of epoxide rings is 1. The molecule has 1 saturated heterocycles. The second kappa shape index (κ2) is 2.37. The lowest BCUT2D eigenvalue weighted by Gasteiger charge is -2.25. The summed E-state index contributed by atoms with van der Waals surface area (Å²) in [4.78, 5) is 0. The number of fused-ring (bicyclic) bond motifs is 5. The van der Waals surface area contributed by atoms with Crippen LogP contribution >= 0.6 is 11.6 Å². The average Bonchev–Trinajstić information content (AvgIpc) is 2.73. The van der Waals surface area contributed by atoms with Crippen molar-refractivity contribution in [2.75, 3.05) is 12.5 Å². The van der Waals surface area contributed by atoms with E-state index in [9.17, 15) is 5.11 Å². The lowest BCUT2D eigenvalue weighted by Crippen LogP contribution is -2.31. The van der Waals surface area contributed by atoms with Crippen molar-refractivity contribution in [2.45, 2.75) is 18.6 Å². The molecule has 3 fully saturated rings. The van der Waals surface area contributed by atoms with Crippen LogP contribution in [0.3, 0.4) is 0 Å². The van der Waals surface area contributed by atoms with Crippen LogP contribution in [0.25, 0.3) is 0 Å². The lowest BCUT2D eigenvalue weighted by atomic mass is 9.81. The molecule has 6 atom stereocenters. The van der Waals surface area contributed by atoms with E-state index in [0.29, 0.717) is 48.4 Å². The molecule has 3 rings (SSSR count). The fourth-order valence-corrected chi connectivity index (χ4v) is 3.84. The molecular weight excluding hydrogens is 176 g/mol. The summed E-state index contributed by atoms with van der Waals surface area (Å²) in [7, 11) is 0. The molecule has 2 saturated carbocycles. The van der Waals surface area contributed by atoms with Gasteiger partial charge in [-0.2, -0.15) is 0 Å². The Labute approximate surface area is 76.9 Å². The minimum atomic E-state index is 0.297. The largest absolute Gasteiger partial charge is 0.396 e. The molecule has 1 aliphatic heterocycles. The summed E-state index contributed by atoms with van der Waals surface area (Å²) < 4.78 is 5.53. The van der Waals surface area contributed by atoms with Crippen LogP contribution in [0.15, 0.2) is 0 Å². The summed E-state index contributed by atoms with van der Waals surface area (Å²) in [6, 6.07) is 0. The van der Waals surface area contributed by atoms with Crippen molar-refractivity contribution in [1.29, 1.82) is 0 Å². The van der Waals surface area contributed by atoms with Gasteiger partial charge in [0.2, 0.25) is 0 Å². The number of hydrogen-bond acceptors (Lipinski definition) is 2. The molecular formula is C9H13ClO2. The zero-order valence-corrected chi connectivity index (χ0v) is 7.57. The van der Waals surface area contributed by atoms with Crippen molar-refractivity contribution in [3.63, 3.8) is 0 Å². The summed E-state index contributed by atoms with van der Waals surface area (Å²) in [5.41, 5.74) is 0. The van der Waals surface area contributed by atoms with Crippen LogP contribution in [0, 0.1) is 23.7 Å². The van der Waals surface area contributed by atoms with Gasteiger partial charge >= 0.3 is 0 Å². The first-order valence-electron chi connectivity index (χ1n) is 4.69. The van der Waals surface area contributed by atoms with E-state index in [1.807, 2.05) is 0 Å². The standard InChI is InChI=1S/C9H13ClO2/c10-2-6-4-1-5(7(6)3-11)9-8(4)12-9/h4-9,11H,1-3H2/t4-,5+,6-,7-,8-,9+/m0/s1. The van der Waals surface area contributed by atoms with Crippen LogP contribution in [0.5, 0.6) is 0 Å². The van der Waals surface area contributed by atoms with E-state index in [2.05, 4.69) is 0 Å². The number of halogens is 1. The molecule has 1 heterocycles. The van der Waals surface area contributed by atoms with Crippen molar-refractivity contribution in [1.82, 2.24) is 0 Å². The summed E-state index contributed by atoms with van der Waals surface area (Å²) in [6.07, 6.45) is 2.26. The van der Waals surface area contributed by atoms with Gasteiger partial charge in [0.15, 0.2) is 0 Å². The van der Waals surface area contributed by atoms with E-state index in [0.717, 1.165) is 0 Å². The monoisotopic (exact) mass is 188 g/mol. The maximum Gasteiger partial charge on any atom is 0.0876 e. The number of alkyl halides is 1. The van der Waals surface area contributed by atoms with E-state index in [1.54, 1.807) is 0 Å². The Bertz CT molecular complexity index is 189. The zero-order valence-electron chi connectivity index (χ0n) is 6.82. The van der Waals surface area contributed by atoms with Gasteiger partial charge in [-0.3, -0.25) is 0 Å². The molecule has 3 heteroatoms. The van der Waals surface area contributed by atoms with Crippen molar-refractivity contribution < 1.29 is 9.84 Å². The Morgan fingerprint density at radius 3 is 2.50 bits per heavy atom. The number of rotatable bonds is 2. The highest BCUT2D eigenvalue weighted by Crippen LogP contribution is 2.61. The smallest absolute Gasteiger partial charge is 0.0876 e. The second-order valence-corrected chi connectivity index (χ2v) is 4.60. The van der Waals surface area contributed by atoms with Gasteiger partial charge in [-0.15, -0.1) is 11.6 Å². The molecule has 0 radical (unpaired) electrons. The Morgan fingerprint density at radius 2 is 1.92 bits per heavy atom. The SMILES string of the molecule is OC[C@@H]1[C@@H](CCl)[C@@H]2C[C@H]1[C@H]1O[C@@H]21. The third-order valence-electron chi connectivity index (χ3n) is 3.99. The van der Waals surface area contributed by atoms with Crippen LogP contribution in [-0.2, 0) is 4.74 Å². The third-order valence-corrected chi connectivity index (χ3v) is 4.34. The molecule has 12 heavy (non-hydrogen) atoms. The molecule has 0 unspecified atom stereocenters. The number of ether oxygens (including phenoxy) is 1. The Hall–Kier alpha value is 0.210. The molecule has 0 aromatic rings. The summed E-state index contributed by atoms with van der Waals surface area (Å²) in [5.74, 6) is 2.92. The maximum atomic E-state index is 9.21. The van der Waals surface area contributed by atoms with Crippen LogP contribution in [0.2, 0.25) is 0 Å². The van der Waals surface area contributed by atoms with E-state index < -0.39 is 0 Å². The number of hydrogen-bond donors (Lipinski definition) is 1. The van der Waals surface area contributed by atoms with Crippen LogP contribution in [0.4, 0.5) is 0 Å². The second-order valence-electron chi connectivity index (χ2n) is 4.29. The van der Waals surface area contributed by atoms with Gasteiger partial charge in [0.25, 0.3) is 0 Å². The lowest BCUT2D eigenvalue weighted by molar-refractivity contribution is 0.145. The highest BCUT2D eigenvalue weighted by atomic mass is 35.5. The van der Waals surface area contributed by atoms with E-state index in [1.165, 1.54) is 6.42 Å². The Kier molecular flexibility index (Phi) is 1.50. The number of aliphatic hydroxyl groups excluding tert-OH is 1. The molecule has 2 bridgehead atoms. The van der Waals surface area contributed by atoms with Crippen LogP contribution in [-0.4, -0.2) is 29.8 Å². The molecule has 2 aliphatic carbocycles. The normalized spacial score (nSPS) is 60.5. The van der Waals surface area contributed by atoms with Crippen LogP contribution < -0.4 is 0 Å². The van der Waals surface area contributed by atoms with Crippen molar-refractivity contribution in [2.24, 2.45) is 23.7 Å². The first-order valence-corrected chi connectivity index (χ1v) is 5.22. The first-order chi connectivity index (χ1) is 5.86. The van der Waals surface area contributed by atoms with Gasteiger partial charge in [0.1, 0.15) is 0 Å². The molecule has 68 valence electrons. The van der Waals surface area contributed by atoms with Gasteiger partial charge in [0.05, 0.1) is 12.2 Å². The fourth-order valence-electron chi connectivity index (χ4n) is 3.38.